The third-order valence-corrected chi connectivity index (χ3v) is 3.07. The highest BCUT2D eigenvalue weighted by Crippen LogP contribution is 2.43. The van der Waals surface area contributed by atoms with Crippen LogP contribution in [0.25, 0.3) is 0 Å². The summed E-state index contributed by atoms with van der Waals surface area (Å²) in [4.78, 5) is 9.51. The normalized spacial score (nSPS) is 14.3. The van der Waals surface area contributed by atoms with Crippen LogP contribution in [0.2, 0.25) is 0 Å². The van der Waals surface area contributed by atoms with Crippen molar-refractivity contribution in [3.8, 4) is 5.75 Å². The van der Waals surface area contributed by atoms with Gasteiger partial charge in [-0.15, -0.1) is 0 Å². The molecule has 0 aliphatic rings. The van der Waals surface area contributed by atoms with Crippen LogP contribution in [0.5, 0.6) is 5.75 Å². The van der Waals surface area contributed by atoms with Crippen LogP contribution in [0.3, 0.4) is 0 Å². The van der Waals surface area contributed by atoms with E-state index in [0.29, 0.717) is 16.7 Å². The van der Waals surface area contributed by atoms with Gasteiger partial charge in [0, 0.05) is 5.69 Å². The minimum Gasteiger partial charge on any atom is -1.00 e. The standard InChI is InChI=1S/C11H19N2O4P.ClH/c1-13(2,3)8-9-16-18(14,15)17-11-6-4-10(12)5-7-11;/h4-7H,8-9,12H2,1-3H3;1H. The number of hydrogen-bond acceptors (Lipinski definition) is 4. The number of phosphoric ester groups is 1. The summed E-state index contributed by atoms with van der Waals surface area (Å²) in [6.07, 6.45) is 0. The molecule has 0 heterocycles. The van der Waals surface area contributed by atoms with E-state index in [9.17, 15) is 9.46 Å². The quantitative estimate of drug-likeness (QED) is 0.379. The predicted molar refractivity (Wildman–Crippen MR) is 70.2 cm³/mol. The molecule has 0 fully saturated rings. The summed E-state index contributed by atoms with van der Waals surface area (Å²) < 4.78 is 22.0. The molecule has 1 atom stereocenters. The SMILES string of the molecule is C[N+](C)(C)CCOP(=O)(O)Oc1ccc(N)cc1.[Cl-]. The number of hydrogen-bond donors (Lipinski definition) is 2. The highest BCUT2D eigenvalue weighted by atomic mass is 35.5. The highest BCUT2D eigenvalue weighted by Gasteiger charge is 2.24. The molecule has 0 saturated carbocycles. The summed E-state index contributed by atoms with van der Waals surface area (Å²) in [6, 6.07) is 6.20. The average molecular weight is 311 g/mol. The van der Waals surface area contributed by atoms with Crippen molar-refractivity contribution in [2.24, 2.45) is 0 Å². The van der Waals surface area contributed by atoms with Crippen LogP contribution < -0.4 is 22.7 Å². The molecule has 0 aliphatic carbocycles. The number of phosphoric acid groups is 1. The number of halogens is 1. The molecule has 6 nitrogen and oxygen atoms in total. The molecule has 0 aliphatic heterocycles. The van der Waals surface area contributed by atoms with Gasteiger partial charge < -0.3 is 27.1 Å². The van der Waals surface area contributed by atoms with E-state index in [1.54, 1.807) is 12.1 Å². The number of likely N-dealkylation sites (N-methyl/N-ethyl adjacent to an activating group) is 1. The summed E-state index contributed by atoms with van der Waals surface area (Å²) >= 11 is 0. The second kappa shape index (κ2) is 7.12. The van der Waals surface area contributed by atoms with Crippen molar-refractivity contribution < 1.29 is 35.4 Å². The van der Waals surface area contributed by atoms with Gasteiger partial charge in [-0.3, -0.25) is 9.42 Å². The zero-order valence-corrected chi connectivity index (χ0v) is 12.9. The van der Waals surface area contributed by atoms with Crippen LogP contribution in [0.1, 0.15) is 0 Å². The lowest BCUT2D eigenvalue weighted by molar-refractivity contribution is -0.870. The predicted octanol–water partition coefficient (Wildman–Crippen LogP) is -1.53. The number of rotatable bonds is 6. The van der Waals surface area contributed by atoms with Gasteiger partial charge in [-0.2, -0.15) is 0 Å². The van der Waals surface area contributed by atoms with Crippen molar-refractivity contribution in [3.05, 3.63) is 24.3 Å². The topological polar surface area (TPSA) is 81.8 Å². The maximum Gasteiger partial charge on any atom is 0.527 e. The fourth-order valence-corrected chi connectivity index (χ4v) is 1.87. The summed E-state index contributed by atoms with van der Waals surface area (Å²) in [5, 5.41) is 0. The Morgan fingerprint density at radius 1 is 1.26 bits per heavy atom. The Bertz CT molecular complexity index is 433. The monoisotopic (exact) mass is 310 g/mol. The van der Waals surface area contributed by atoms with E-state index in [0.717, 1.165) is 0 Å². The number of nitrogen functional groups attached to an aromatic ring is 1. The molecule has 8 heteroatoms. The van der Waals surface area contributed by atoms with Crippen molar-refractivity contribution in [1.29, 1.82) is 0 Å². The average Bonchev–Trinajstić information content (AvgIpc) is 2.18. The molecule has 19 heavy (non-hydrogen) atoms. The minimum atomic E-state index is -4.07. The molecule has 0 amide bonds. The molecule has 1 unspecified atom stereocenters. The Balaban J connectivity index is 0.00000324. The van der Waals surface area contributed by atoms with Gasteiger partial charge in [0.1, 0.15) is 18.9 Å². The maximum absolute atomic E-state index is 11.6. The van der Waals surface area contributed by atoms with Gasteiger partial charge in [-0.1, -0.05) is 0 Å². The summed E-state index contributed by atoms with van der Waals surface area (Å²) in [7, 11) is 1.83. The first kappa shape index (κ1) is 18.2. The maximum atomic E-state index is 11.6. The number of benzene rings is 1. The number of quaternary nitrogens is 1. The van der Waals surface area contributed by atoms with E-state index in [-0.39, 0.29) is 24.8 Å². The van der Waals surface area contributed by atoms with E-state index in [2.05, 4.69) is 0 Å². The second-order valence-corrected chi connectivity index (χ2v) is 6.35. The first-order valence-corrected chi connectivity index (χ1v) is 7.00. The fraction of sp³-hybridized carbons (Fsp3) is 0.455. The van der Waals surface area contributed by atoms with Crippen molar-refractivity contribution in [1.82, 2.24) is 0 Å². The third-order valence-electron chi connectivity index (χ3n) is 2.12. The number of nitrogens with two attached hydrogens (primary N) is 1. The van der Waals surface area contributed by atoms with Crippen molar-refractivity contribution in [2.75, 3.05) is 40.0 Å². The Hall–Kier alpha value is -0.780. The van der Waals surface area contributed by atoms with Crippen molar-refractivity contribution in [2.45, 2.75) is 0 Å². The van der Waals surface area contributed by atoms with E-state index in [4.69, 9.17) is 14.8 Å². The van der Waals surface area contributed by atoms with Gasteiger partial charge in [0.2, 0.25) is 0 Å². The van der Waals surface area contributed by atoms with Gasteiger partial charge in [-0.05, 0) is 24.3 Å². The van der Waals surface area contributed by atoms with Crippen LogP contribution in [0.4, 0.5) is 5.69 Å². The lowest BCUT2D eigenvalue weighted by Crippen LogP contribution is -3.00. The molecular formula is C11H20ClN2O4P. The molecule has 0 saturated heterocycles. The van der Waals surface area contributed by atoms with Gasteiger partial charge in [0.25, 0.3) is 0 Å². The summed E-state index contributed by atoms with van der Waals surface area (Å²) in [5.74, 6) is 0.250. The molecule has 1 aromatic rings. The van der Waals surface area contributed by atoms with E-state index < -0.39 is 7.82 Å². The zero-order valence-electron chi connectivity index (χ0n) is 11.2. The first-order valence-electron chi connectivity index (χ1n) is 5.51. The largest absolute Gasteiger partial charge is 1.00 e. The summed E-state index contributed by atoms with van der Waals surface area (Å²) in [6.45, 7) is 0.752. The van der Waals surface area contributed by atoms with Crippen molar-refractivity contribution >= 4 is 13.5 Å². The molecule has 0 spiro atoms. The van der Waals surface area contributed by atoms with Crippen LogP contribution >= 0.6 is 7.82 Å². The van der Waals surface area contributed by atoms with E-state index >= 15 is 0 Å². The molecule has 0 bridgehead atoms. The van der Waals surface area contributed by atoms with Gasteiger partial charge in [-0.25, -0.2) is 4.57 Å². The second-order valence-electron chi connectivity index (χ2n) is 4.98. The minimum absolute atomic E-state index is 0. The zero-order chi connectivity index (χ0) is 13.8. The van der Waals surface area contributed by atoms with Crippen LogP contribution in [0.15, 0.2) is 24.3 Å². The molecule has 1 aromatic carbocycles. The fourth-order valence-electron chi connectivity index (χ4n) is 1.12. The van der Waals surface area contributed by atoms with Crippen LogP contribution in [0, 0.1) is 0 Å². The summed E-state index contributed by atoms with van der Waals surface area (Å²) in [5.41, 5.74) is 6.05. The lowest BCUT2D eigenvalue weighted by Gasteiger charge is -2.24. The number of nitrogens with zero attached hydrogens (tertiary/aromatic N) is 1. The highest BCUT2D eigenvalue weighted by molar-refractivity contribution is 7.47. The Morgan fingerprint density at radius 3 is 2.26 bits per heavy atom. The van der Waals surface area contributed by atoms with Crippen LogP contribution in [-0.2, 0) is 9.09 Å². The van der Waals surface area contributed by atoms with Gasteiger partial charge in [0.15, 0.2) is 0 Å². The third kappa shape index (κ3) is 8.08. The first-order chi connectivity index (χ1) is 8.18. The Labute approximate surface area is 119 Å². The van der Waals surface area contributed by atoms with E-state index in [1.165, 1.54) is 12.1 Å². The van der Waals surface area contributed by atoms with Crippen LogP contribution in [-0.4, -0.2) is 43.7 Å². The van der Waals surface area contributed by atoms with Crippen molar-refractivity contribution in [3.63, 3.8) is 0 Å². The molecule has 110 valence electrons. The molecule has 0 radical (unpaired) electrons. The lowest BCUT2D eigenvalue weighted by atomic mass is 10.3. The molecule has 3 N–H and O–H groups in total. The smallest absolute Gasteiger partial charge is 0.527 e. The van der Waals surface area contributed by atoms with E-state index in [1.807, 2.05) is 21.1 Å². The molecule has 1 rings (SSSR count). The molecule has 0 aromatic heterocycles. The number of anilines is 1. The molecular weight excluding hydrogens is 291 g/mol. The van der Waals surface area contributed by atoms with Gasteiger partial charge >= 0.3 is 7.82 Å². The Morgan fingerprint density at radius 2 is 1.79 bits per heavy atom. The van der Waals surface area contributed by atoms with Gasteiger partial charge in [0.05, 0.1) is 21.1 Å². The Kier molecular flexibility index (Phi) is 6.83.